The molecule has 2 rings (SSSR count). The molecule has 18 heavy (non-hydrogen) atoms. The van der Waals surface area contributed by atoms with E-state index in [9.17, 15) is 13.6 Å². The maximum atomic E-state index is 12.2. The van der Waals surface area contributed by atoms with Crippen molar-refractivity contribution in [2.75, 3.05) is 0 Å². The van der Waals surface area contributed by atoms with E-state index in [-0.39, 0.29) is 11.3 Å². The summed E-state index contributed by atoms with van der Waals surface area (Å²) in [7, 11) is 0. The number of alkyl halides is 2. The van der Waals surface area contributed by atoms with Crippen LogP contribution in [0, 0.1) is 0 Å². The lowest BCUT2D eigenvalue weighted by atomic mass is 10.1. The van der Waals surface area contributed by atoms with Crippen LogP contribution >= 0.6 is 0 Å². The molecule has 0 aliphatic rings. The third-order valence-electron chi connectivity index (χ3n) is 2.38. The Hall–Kier alpha value is -2.09. The number of carboxylic acid groups (broad SMARTS) is 1. The largest absolute Gasteiger partial charge is 0.478 e. The Morgan fingerprint density at radius 3 is 2.89 bits per heavy atom. The van der Waals surface area contributed by atoms with E-state index in [4.69, 9.17) is 5.11 Å². The standard InChI is InChI=1S/C10H9F2N3O3/c1-5(18-10(11)12)8-6(9(16)17)4-13-7-2-3-14-15(7)8/h2-5,10H,1H3,(H,16,17)/t5-/m0/s1. The Labute approximate surface area is 99.8 Å². The van der Waals surface area contributed by atoms with E-state index in [0.717, 1.165) is 6.20 Å². The van der Waals surface area contributed by atoms with Gasteiger partial charge in [-0.1, -0.05) is 0 Å². The van der Waals surface area contributed by atoms with E-state index in [1.807, 2.05) is 0 Å². The molecule has 0 aromatic carbocycles. The van der Waals surface area contributed by atoms with Gasteiger partial charge in [0.25, 0.3) is 0 Å². The fraction of sp³-hybridized carbons (Fsp3) is 0.300. The van der Waals surface area contributed by atoms with Gasteiger partial charge in [0.05, 0.1) is 11.9 Å². The predicted octanol–water partition coefficient (Wildman–Crippen LogP) is 1.73. The van der Waals surface area contributed by atoms with Crippen LogP contribution in [-0.4, -0.2) is 32.3 Å². The molecule has 0 aliphatic carbocycles. The molecule has 0 amide bonds. The number of nitrogens with zero attached hydrogens (tertiary/aromatic N) is 3. The van der Waals surface area contributed by atoms with Gasteiger partial charge in [-0.3, -0.25) is 0 Å². The number of hydrogen-bond donors (Lipinski definition) is 1. The average molecular weight is 257 g/mol. The van der Waals surface area contributed by atoms with Crippen molar-refractivity contribution in [3.8, 4) is 0 Å². The molecule has 0 fully saturated rings. The quantitative estimate of drug-likeness (QED) is 0.902. The summed E-state index contributed by atoms with van der Waals surface area (Å²) in [6.45, 7) is -1.67. The highest BCUT2D eigenvalue weighted by Gasteiger charge is 2.23. The van der Waals surface area contributed by atoms with Crippen LogP contribution in [0.15, 0.2) is 18.5 Å². The molecule has 2 heterocycles. The number of aromatic carboxylic acids is 1. The van der Waals surface area contributed by atoms with E-state index in [1.54, 1.807) is 0 Å². The molecule has 0 saturated heterocycles. The maximum Gasteiger partial charge on any atom is 0.345 e. The van der Waals surface area contributed by atoms with Crippen LogP contribution in [0.4, 0.5) is 8.78 Å². The second kappa shape index (κ2) is 4.65. The summed E-state index contributed by atoms with van der Waals surface area (Å²) in [4.78, 5) is 14.9. The molecule has 0 radical (unpaired) electrons. The van der Waals surface area contributed by atoms with Gasteiger partial charge in [0.2, 0.25) is 0 Å². The van der Waals surface area contributed by atoms with Crippen molar-refractivity contribution in [3.05, 3.63) is 29.7 Å². The Bertz CT molecular complexity index is 585. The van der Waals surface area contributed by atoms with Gasteiger partial charge in [-0.05, 0) is 6.92 Å². The predicted molar refractivity (Wildman–Crippen MR) is 55.5 cm³/mol. The molecule has 2 aromatic rings. The monoisotopic (exact) mass is 257 g/mol. The van der Waals surface area contributed by atoms with Crippen molar-refractivity contribution >= 4 is 11.6 Å². The second-order valence-electron chi connectivity index (χ2n) is 3.50. The first-order valence-corrected chi connectivity index (χ1v) is 5.00. The molecular formula is C10H9F2N3O3. The van der Waals surface area contributed by atoms with Crippen LogP contribution in [0.2, 0.25) is 0 Å². The van der Waals surface area contributed by atoms with Crippen molar-refractivity contribution in [3.63, 3.8) is 0 Å². The van der Waals surface area contributed by atoms with Gasteiger partial charge in [0.1, 0.15) is 11.7 Å². The van der Waals surface area contributed by atoms with Crippen LogP contribution in [-0.2, 0) is 4.74 Å². The van der Waals surface area contributed by atoms with Gasteiger partial charge in [-0.15, -0.1) is 0 Å². The minimum absolute atomic E-state index is 0.0257. The highest BCUT2D eigenvalue weighted by Crippen LogP contribution is 2.23. The fourth-order valence-electron chi connectivity index (χ4n) is 1.67. The number of fused-ring (bicyclic) bond motifs is 1. The van der Waals surface area contributed by atoms with Crippen molar-refractivity contribution in [1.82, 2.24) is 14.6 Å². The molecular weight excluding hydrogens is 248 g/mol. The molecule has 0 unspecified atom stereocenters. The topological polar surface area (TPSA) is 76.7 Å². The molecule has 8 heteroatoms. The Balaban J connectivity index is 2.59. The molecule has 0 spiro atoms. The molecule has 6 nitrogen and oxygen atoms in total. The Morgan fingerprint density at radius 1 is 1.56 bits per heavy atom. The SMILES string of the molecule is C[C@H](OC(F)F)c1c(C(=O)O)cnc2ccnn12. The number of ether oxygens (including phenoxy) is 1. The van der Waals surface area contributed by atoms with Gasteiger partial charge in [-0.25, -0.2) is 14.3 Å². The van der Waals surface area contributed by atoms with E-state index < -0.39 is 18.7 Å². The van der Waals surface area contributed by atoms with E-state index in [2.05, 4.69) is 14.8 Å². The molecule has 1 N–H and O–H groups in total. The van der Waals surface area contributed by atoms with Crippen LogP contribution in [0.5, 0.6) is 0 Å². The number of hydrogen-bond acceptors (Lipinski definition) is 4. The van der Waals surface area contributed by atoms with E-state index in [1.165, 1.54) is 23.7 Å². The zero-order valence-corrected chi connectivity index (χ0v) is 9.25. The number of rotatable bonds is 4. The van der Waals surface area contributed by atoms with E-state index >= 15 is 0 Å². The van der Waals surface area contributed by atoms with Crippen molar-refractivity contribution in [2.24, 2.45) is 0 Å². The molecule has 96 valence electrons. The Kier molecular flexibility index (Phi) is 3.19. The minimum Gasteiger partial charge on any atom is -0.478 e. The zero-order chi connectivity index (χ0) is 13.3. The third kappa shape index (κ3) is 2.14. The lowest BCUT2D eigenvalue weighted by Gasteiger charge is -2.15. The maximum absolute atomic E-state index is 12.2. The van der Waals surface area contributed by atoms with Crippen LogP contribution in [0.1, 0.15) is 29.1 Å². The van der Waals surface area contributed by atoms with Gasteiger partial charge in [-0.2, -0.15) is 13.9 Å². The number of carbonyl (C=O) groups is 1. The number of aromatic nitrogens is 3. The van der Waals surface area contributed by atoms with Crippen LogP contribution in [0.3, 0.4) is 0 Å². The second-order valence-corrected chi connectivity index (χ2v) is 3.50. The van der Waals surface area contributed by atoms with Crippen LogP contribution in [0.25, 0.3) is 5.65 Å². The fourth-order valence-corrected chi connectivity index (χ4v) is 1.67. The highest BCUT2D eigenvalue weighted by molar-refractivity contribution is 5.89. The summed E-state index contributed by atoms with van der Waals surface area (Å²) in [5.74, 6) is -1.28. The Morgan fingerprint density at radius 2 is 2.28 bits per heavy atom. The smallest absolute Gasteiger partial charge is 0.345 e. The van der Waals surface area contributed by atoms with E-state index in [0.29, 0.717) is 5.65 Å². The van der Waals surface area contributed by atoms with Gasteiger partial charge in [0, 0.05) is 12.3 Å². The lowest BCUT2D eigenvalue weighted by molar-refractivity contribution is -0.161. The summed E-state index contributed by atoms with van der Waals surface area (Å²) < 4.78 is 29.9. The number of carboxylic acids is 1. The van der Waals surface area contributed by atoms with Crippen molar-refractivity contribution < 1.29 is 23.4 Å². The van der Waals surface area contributed by atoms with Gasteiger partial charge in [0.15, 0.2) is 5.65 Å². The minimum atomic E-state index is -3.00. The number of halogens is 2. The molecule has 0 aliphatic heterocycles. The third-order valence-corrected chi connectivity index (χ3v) is 2.38. The molecule has 0 saturated carbocycles. The normalized spacial score (nSPS) is 13.1. The first-order valence-electron chi connectivity index (χ1n) is 5.00. The van der Waals surface area contributed by atoms with Crippen molar-refractivity contribution in [2.45, 2.75) is 19.6 Å². The molecule has 0 bridgehead atoms. The molecule has 2 aromatic heterocycles. The highest BCUT2D eigenvalue weighted by atomic mass is 19.3. The van der Waals surface area contributed by atoms with Gasteiger partial charge >= 0.3 is 12.6 Å². The van der Waals surface area contributed by atoms with Crippen LogP contribution < -0.4 is 0 Å². The summed E-state index contributed by atoms with van der Waals surface area (Å²) in [6.07, 6.45) is 1.37. The molecule has 1 atom stereocenters. The van der Waals surface area contributed by atoms with Crippen molar-refractivity contribution in [1.29, 1.82) is 0 Å². The zero-order valence-electron chi connectivity index (χ0n) is 9.25. The summed E-state index contributed by atoms with van der Waals surface area (Å²) in [5, 5.41) is 12.9. The summed E-state index contributed by atoms with van der Waals surface area (Å²) in [5.41, 5.74) is 0.164. The average Bonchev–Trinajstić information content (AvgIpc) is 2.73. The first kappa shape index (κ1) is 12.4. The first-order chi connectivity index (χ1) is 8.50. The lowest BCUT2D eigenvalue weighted by Crippen LogP contribution is -2.16. The summed E-state index contributed by atoms with van der Waals surface area (Å²) in [6, 6.07) is 1.53. The summed E-state index contributed by atoms with van der Waals surface area (Å²) >= 11 is 0. The van der Waals surface area contributed by atoms with Gasteiger partial charge < -0.3 is 9.84 Å².